The molecule has 0 saturated heterocycles. The number of aryl methyl sites for hydroxylation is 1. The summed E-state index contributed by atoms with van der Waals surface area (Å²) in [6.07, 6.45) is 4.00. The summed E-state index contributed by atoms with van der Waals surface area (Å²) in [5.74, 6) is 2.05. The van der Waals surface area contributed by atoms with Gasteiger partial charge in [-0.25, -0.2) is 0 Å². The highest BCUT2D eigenvalue weighted by Crippen LogP contribution is 2.31. The van der Waals surface area contributed by atoms with Crippen LogP contribution in [0.2, 0.25) is 0 Å². The summed E-state index contributed by atoms with van der Waals surface area (Å²) in [5.41, 5.74) is 3.54. The molecular weight excluding hydrogens is 366 g/mol. The Bertz CT molecular complexity index is 847. The van der Waals surface area contributed by atoms with Crippen LogP contribution in [-0.4, -0.2) is 25.2 Å². The van der Waals surface area contributed by atoms with Gasteiger partial charge in [0.1, 0.15) is 5.75 Å². The van der Waals surface area contributed by atoms with Crippen LogP contribution in [0.5, 0.6) is 17.2 Å². The number of benzene rings is 2. The van der Waals surface area contributed by atoms with Gasteiger partial charge < -0.3 is 19.5 Å². The largest absolute Gasteiger partial charge is 0.493 e. The third-order valence-corrected chi connectivity index (χ3v) is 5.08. The first kappa shape index (κ1) is 21.0. The molecule has 0 spiro atoms. The van der Waals surface area contributed by atoms with Gasteiger partial charge in [0.25, 0.3) is 5.91 Å². The van der Waals surface area contributed by atoms with Crippen molar-refractivity contribution in [3.8, 4) is 17.2 Å². The fourth-order valence-corrected chi connectivity index (χ4v) is 3.61. The highest BCUT2D eigenvalue weighted by Gasteiger charge is 2.19. The fraction of sp³-hybridized carbons (Fsp3) is 0.458. The average Bonchev–Trinajstić information content (AvgIpc) is 2.72. The molecule has 0 unspecified atom stereocenters. The van der Waals surface area contributed by atoms with Crippen molar-refractivity contribution in [2.45, 2.75) is 65.2 Å². The van der Waals surface area contributed by atoms with Gasteiger partial charge in [-0.05, 0) is 81.3 Å². The lowest BCUT2D eigenvalue weighted by atomic mass is 9.91. The van der Waals surface area contributed by atoms with E-state index < -0.39 is 6.10 Å². The van der Waals surface area contributed by atoms with E-state index in [2.05, 4.69) is 11.4 Å². The molecule has 0 aliphatic heterocycles. The first-order valence-electron chi connectivity index (χ1n) is 10.4. The topological polar surface area (TPSA) is 56.8 Å². The Morgan fingerprint density at radius 2 is 1.79 bits per heavy atom. The smallest absolute Gasteiger partial charge is 0.261 e. The lowest BCUT2D eigenvalue weighted by Crippen LogP contribution is -2.36. The van der Waals surface area contributed by atoms with Crippen LogP contribution in [0.25, 0.3) is 0 Å². The summed E-state index contributed by atoms with van der Waals surface area (Å²) in [7, 11) is 1.61. The maximum absolute atomic E-state index is 12.6. The third kappa shape index (κ3) is 5.43. The molecule has 156 valence electrons. The van der Waals surface area contributed by atoms with Crippen LogP contribution in [0.4, 0.5) is 0 Å². The van der Waals surface area contributed by atoms with E-state index in [-0.39, 0.29) is 12.0 Å². The van der Waals surface area contributed by atoms with Crippen molar-refractivity contribution in [2.75, 3.05) is 7.11 Å². The highest BCUT2D eigenvalue weighted by molar-refractivity contribution is 5.80. The Kier molecular flexibility index (Phi) is 7.02. The third-order valence-electron chi connectivity index (χ3n) is 5.08. The molecular formula is C24H31NO4. The van der Waals surface area contributed by atoms with Crippen LogP contribution in [0.3, 0.4) is 0 Å². The standard InChI is InChI=1S/C24H31NO4/c1-16(2)28-22-13-12-18(14-23(22)27-4)15-25-24(26)17(3)29-21-11-7-9-19-8-5-6-10-20(19)21/h7,9,11-14,16-17H,5-6,8,10,15H2,1-4H3,(H,25,26)/t17-/m1/s1. The summed E-state index contributed by atoms with van der Waals surface area (Å²) >= 11 is 0. The summed E-state index contributed by atoms with van der Waals surface area (Å²) in [5, 5.41) is 2.95. The molecule has 0 radical (unpaired) electrons. The SMILES string of the molecule is COc1cc(CNC(=O)[C@@H](C)Oc2cccc3c2CCCC3)ccc1OC(C)C. The van der Waals surface area contributed by atoms with Gasteiger partial charge in [0.05, 0.1) is 13.2 Å². The lowest BCUT2D eigenvalue weighted by Gasteiger charge is -2.22. The van der Waals surface area contributed by atoms with E-state index in [1.54, 1.807) is 14.0 Å². The Hall–Kier alpha value is -2.69. The van der Waals surface area contributed by atoms with Crippen molar-refractivity contribution >= 4 is 5.91 Å². The van der Waals surface area contributed by atoms with Crippen molar-refractivity contribution in [1.82, 2.24) is 5.32 Å². The molecule has 0 bridgehead atoms. The number of rotatable bonds is 8. The van der Waals surface area contributed by atoms with E-state index in [9.17, 15) is 4.79 Å². The molecule has 5 nitrogen and oxygen atoms in total. The van der Waals surface area contributed by atoms with Crippen LogP contribution in [0.1, 0.15) is 50.3 Å². The van der Waals surface area contributed by atoms with E-state index in [1.165, 1.54) is 24.0 Å². The van der Waals surface area contributed by atoms with Gasteiger partial charge >= 0.3 is 0 Å². The lowest BCUT2D eigenvalue weighted by molar-refractivity contribution is -0.127. The molecule has 3 rings (SSSR count). The zero-order valence-electron chi connectivity index (χ0n) is 17.8. The Balaban J connectivity index is 1.59. The van der Waals surface area contributed by atoms with Gasteiger partial charge in [0.15, 0.2) is 17.6 Å². The Morgan fingerprint density at radius 3 is 2.55 bits per heavy atom. The Morgan fingerprint density at radius 1 is 1.00 bits per heavy atom. The number of fused-ring (bicyclic) bond motifs is 1. The van der Waals surface area contributed by atoms with Gasteiger partial charge in [0.2, 0.25) is 0 Å². The first-order valence-corrected chi connectivity index (χ1v) is 10.4. The second kappa shape index (κ2) is 9.68. The number of nitrogens with one attached hydrogen (secondary N) is 1. The van der Waals surface area contributed by atoms with Crippen molar-refractivity contribution in [3.05, 3.63) is 53.1 Å². The molecule has 1 N–H and O–H groups in total. The minimum Gasteiger partial charge on any atom is -0.493 e. The molecule has 0 aromatic heterocycles. The van der Waals surface area contributed by atoms with Crippen molar-refractivity contribution in [2.24, 2.45) is 0 Å². The molecule has 5 heteroatoms. The molecule has 0 fully saturated rings. The molecule has 1 aliphatic rings. The summed E-state index contributed by atoms with van der Waals surface area (Å²) < 4.78 is 17.2. The predicted octanol–water partition coefficient (Wildman–Crippen LogP) is 4.44. The normalized spacial score (nSPS) is 14.1. The molecule has 1 amide bonds. The van der Waals surface area contributed by atoms with E-state index in [0.717, 1.165) is 24.2 Å². The van der Waals surface area contributed by atoms with Gasteiger partial charge in [0, 0.05) is 6.54 Å². The number of carbonyl (C=O) groups excluding carboxylic acids is 1. The van der Waals surface area contributed by atoms with Crippen LogP contribution >= 0.6 is 0 Å². The van der Waals surface area contributed by atoms with Crippen LogP contribution < -0.4 is 19.5 Å². The minimum atomic E-state index is -0.561. The van der Waals surface area contributed by atoms with E-state index >= 15 is 0 Å². The zero-order chi connectivity index (χ0) is 20.8. The number of carbonyl (C=O) groups is 1. The number of methoxy groups -OCH3 is 1. The molecule has 29 heavy (non-hydrogen) atoms. The summed E-state index contributed by atoms with van der Waals surface area (Å²) in [4.78, 5) is 12.6. The Labute approximate surface area is 173 Å². The second-order valence-corrected chi connectivity index (χ2v) is 7.73. The van der Waals surface area contributed by atoms with Gasteiger partial charge in [-0.15, -0.1) is 0 Å². The number of amides is 1. The van der Waals surface area contributed by atoms with Crippen LogP contribution in [0, 0.1) is 0 Å². The van der Waals surface area contributed by atoms with Gasteiger partial charge in [-0.1, -0.05) is 18.2 Å². The van der Waals surface area contributed by atoms with Crippen LogP contribution in [-0.2, 0) is 24.2 Å². The molecule has 1 aliphatic carbocycles. The minimum absolute atomic E-state index is 0.0659. The highest BCUT2D eigenvalue weighted by atomic mass is 16.5. The quantitative estimate of drug-likeness (QED) is 0.715. The second-order valence-electron chi connectivity index (χ2n) is 7.73. The monoisotopic (exact) mass is 397 g/mol. The van der Waals surface area contributed by atoms with Gasteiger partial charge in [-0.2, -0.15) is 0 Å². The summed E-state index contributed by atoms with van der Waals surface area (Å²) in [6.45, 7) is 6.13. The number of hydrogen-bond donors (Lipinski definition) is 1. The van der Waals surface area contributed by atoms with Crippen LogP contribution in [0.15, 0.2) is 36.4 Å². The van der Waals surface area contributed by atoms with Crippen molar-refractivity contribution in [3.63, 3.8) is 0 Å². The molecule has 1 atom stereocenters. The molecule has 0 heterocycles. The molecule has 2 aromatic rings. The number of hydrogen-bond acceptors (Lipinski definition) is 4. The van der Waals surface area contributed by atoms with E-state index in [1.807, 2.05) is 44.2 Å². The van der Waals surface area contributed by atoms with E-state index in [0.29, 0.717) is 18.0 Å². The molecule has 0 saturated carbocycles. The first-order chi connectivity index (χ1) is 14.0. The predicted molar refractivity (Wildman–Crippen MR) is 114 cm³/mol. The maximum atomic E-state index is 12.6. The van der Waals surface area contributed by atoms with Crippen molar-refractivity contribution < 1.29 is 19.0 Å². The van der Waals surface area contributed by atoms with Crippen molar-refractivity contribution in [1.29, 1.82) is 0 Å². The zero-order valence-corrected chi connectivity index (χ0v) is 17.8. The molecule has 2 aromatic carbocycles. The maximum Gasteiger partial charge on any atom is 0.261 e. The van der Waals surface area contributed by atoms with Gasteiger partial charge in [-0.3, -0.25) is 4.79 Å². The summed E-state index contributed by atoms with van der Waals surface area (Å²) in [6, 6.07) is 11.8. The average molecular weight is 398 g/mol. The number of ether oxygens (including phenoxy) is 3. The van der Waals surface area contributed by atoms with E-state index in [4.69, 9.17) is 14.2 Å². The fourth-order valence-electron chi connectivity index (χ4n) is 3.61.